The molecule has 1 aliphatic heterocycles. The van der Waals surface area contributed by atoms with E-state index in [0.717, 1.165) is 61.9 Å². The van der Waals surface area contributed by atoms with Gasteiger partial charge in [0, 0.05) is 43.2 Å². The minimum absolute atomic E-state index is 0.213. The summed E-state index contributed by atoms with van der Waals surface area (Å²) in [5.74, 6) is 0.891. The van der Waals surface area contributed by atoms with E-state index in [1.165, 1.54) is 5.56 Å². The Hall–Kier alpha value is -2.73. The molecule has 2 N–H and O–H groups in total. The predicted molar refractivity (Wildman–Crippen MR) is 114 cm³/mol. The van der Waals surface area contributed by atoms with Crippen molar-refractivity contribution in [2.45, 2.75) is 63.7 Å². The smallest absolute Gasteiger partial charge is 0.224 e. The van der Waals surface area contributed by atoms with Crippen molar-refractivity contribution in [3.8, 4) is 0 Å². The minimum atomic E-state index is 0.213. The fraction of sp³-hybridized carbons (Fsp3) is 0.435. The molecule has 3 aromatic rings. The van der Waals surface area contributed by atoms with Crippen molar-refractivity contribution >= 4 is 22.8 Å². The van der Waals surface area contributed by atoms with Crippen LogP contribution in [0.5, 0.6) is 0 Å². The third-order valence-corrected chi connectivity index (χ3v) is 6.20. The van der Waals surface area contributed by atoms with Gasteiger partial charge in [-0.2, -0.15) is 4.98 Å². The average molecular weight is 390 g/mol. The quantitative estimate of drug-likeness (QED) is 0.692. The molecule has 6 nitrogen and oxygen atoms in total. The van der Waals surface area contributed by atoms with Gasteiger partial charge in [0.1, 0.15) is 5.65 Å². The molecule has 1 saturated carbocycles. The van der Waals surface area contributed by atoms with Gasteiger partial charge < -0.3 is 15.2 Å². The highest BCUT2D eigenvalue weighted by molar-refractivity contribution is 6.00. The predicted octanol–water partition coefficient (Wildman–Crippen LogP) is 3.92. The van der Waals surface area contributed by atoms with Gasteiger partial charge in [-0.1, -0.05) is 30.3 Å². The maximum atomic E-state index is 12.1. The Morgan fingerprint density at radius 1 is 1.07 bits per heavy atom. The summed E-state index contributed by atoms with van der Waals surface area (Å²) in [5, 5.41) is 8.17. The molecule has 2 aliphatic rings. The first-order valence-corrected chi connectivity index (χ1v) is 10.7. The second kappa shape index (κ2) is 7.95. The fourth-order valence-corrected chi connectivity index (χ4v) is 4.57. The number of rotatable bonds is 5. The third-order valence-electron chi connectivity index (χ3n) is 6.20. The van der Waals surface area contributed by atoms with E-state index in [4.69, 9.17) is 4.98 Å². The molecule has 1 aromatic carbocycles. The Morgan fingerprint density at radius 2 is 1.86 bits per heavy atom. The SMILES string of the molecule is O=C1CCCn2c1cc1cnc(NC3CCC(NCc4ccccc4)CC3)nc12. The molecule has 0 unspecified atom stereocenters. The summed E-state index contributed by atoms with van der Waals surface area (Å²) in [4.78, 5) is 21.4. The zero-order chi connectivity index (χ0) is 19.6. The summed E-state index contributed by atoms with van der Waals surface area (Å²) in [6, 6.07) is 13.5. The van der Waals surface area contributed by atoms with E-state index >= 15 is 0 Å². The van der Waals surface area contributed by atoms with Crippen molar-refractivity contribution in [2.75, 3.05) is 5.32 Å². The first-order chi connectivity index (χ1) is 14.3. The highest BCUT2D eigenvalue weighted by atomic mass is 16.1. The van der Waals surface area contributed by atoms with Crippen LogP contribution < -0.4 is 10.6 Å². The van der Waals surface area contributed by atoms with E-state index in [0.29, 0.717) is 24.5 Å². The van der Waals surface area contributed by atoms with Gasteiger partial charge in [-0.25, -0.2) is 4.98 Å². The Balaban J connectivity index is 1.19. The number of ketones is 1. The summed E-state index contributed by atoms with van der Waals surface area (Å²) >= 11 is 0. The number of anilines is 1. The first kappa shape index (κ1) is 18.3. The van der Waals surface area contributed by atoms with Crippen LogP contribution in [0.2, 0.25) is 0 Å². The van der Waals surface area contributed by atoms with Gasteiger partial charge in [0.2, 0.25) is 5.95 Å². The number of hydrogen-bond donors (Lipinski definition) is 2. The molecular formula is C23H27N5O. The van der Waals surface area contributed by atoms with Crippen LogP contribution in [-0.2, 0) is 13.1 Å². The number of hydrogen-bond acceptors (Lipinski definition) is 5. The van der Waals surface area contributed by atoms with Gasteiger partial charge in [-0.3, -0.25) is 4.79 Å². The standard InChI is InChI=1S/C23H27N5O/c29-21-7-4-12-28-20(21)13-17-15-25-23(27-22(17)28)26-19-10-8-18(9-11-19)24-14-16-5-2-1-3-6-16/h1-3,5-6,13,15,18-19,24H,4,7-12,14H2,(H,25,26,27). The molecule has 5 rings (SSSR count). The maximum absolute atomic E-state index is 12.1. The molecular weight excluding hydrogens is 362 g/mol. The van der Waals surface area contributed by atoms with Crippen LogP contribution in [0.3, 0.4) is 0 Å². The Labute approximate surface area is 170 Å². The topological polar surface area (TPSA) is 71.8 Å². The number of benzene rings is 1. The molecule has 0 amide bonds. The minimum Gasteiger partial charge on any atom is -0.351 e. The Bertz CT molecular complexity index is 1000. The lowest BCUT2D eigenvalue weighted by Crippen LogP contribution is -2.36. The largest absolute Gasteiger partial charge is 0.351 e. The number of nitrogens with one attached hydrogen (secondary N) is 2. The molecule has 0 bridgehead atoms. The van der Waals surface area contributed by atoms with Crippen molar-refractivity contribution in [2.24, 2.45) is 0 Å². The van der Waals surface area contributed by atoms with E-state index in [1.807, 2.05) is 12.3 Å². The molecule has 0 saturated heterocycles. The van der Waals surface area contributed by atoms with Gasteiger partial charge in [0.25, 0.3) is 0 Å². The number of fused-ring (bicyclic) bond motifs is 3. The number of nitrogens with zero attached hydrogens (tertiary/aromatic N) is 3. The number of carbonyl (C=O) groups excluding carboxylic acids is 1. The van der Waals surface area contributed by atoms with Crippen LogP contribution in [0.4, 0.5) is 5.95 Å². The van der Waals surface area contributed by atoms with Crippen molar-refractivity contribution < 1.29 is 4.79 Å². The Morgan fingerprint density at radius 3 is 2.69 bits per heavy atom. The zero-order valence-electron chi connectivity index (χ0n) is 16.6. The normalized spacial score (nSPS) is 21.9. The monoisotopic (exact) mass is 389 g/mol. The number of aryl methyl sites for hydroxylation is 1. The van der Waals surface area contributed by atoms with Crippen molar-refractivity contribution in [1.82, 2.24) is 19.9 Å². The van der Waals surface area contributed by atoms with Crippen LogP contribution in [0.1, 0.15) is 54.6 Å². The van der Waals surface area contributed by atoms with Crippen molar-refractivity contribution in [3.63, 3.8) is 0 Å². The van der Waals surface area contributed by atoms with E-state index in [-0.39, 0.29) is 5.78 Å². The van der Waals surface area contributed by atoms with Gasteiger partial charge in [-0.05, 0) is 43.7 Å². The summed E-state index contributed by atoms with van der Waals surface area (Å²) in [6.07, 6.45) is 7.90. The lowest BCUT2D eigenvalue weighted by Gasteiger charge is -2.29. The second-order valence-corrected chi connectivity index (χ2v) is 8.24. The summed E-state index contributed by atoms with van der Waals surface area (Å²) in [7, 11) is 0. The summed E-state index contributed by atoms with van der Waals surface area (Å²) in [5.41, 5.74) is 3.00. The zero-order valence-corrected chi connectivity index (χ0v) is 16.6. The van der Waals surface area contributed by atoms with Gasteiger partial charge >= 0.3 is 0 Å². The molecule has 0 spiro atoms. The Kier molecular flexibility index (Phi) is 5.02. The third kappa shape index (κ3) is 3.90. The van der Waals surface area contributed by atoms with Gasteiger partial charge in [-0.15, -0.1) is 0 Å². The number of carbonyl (C=O) groups is 1. The van der Waals surface area contributed by atoms with Gasteiger partial charge in [0.15, 0.2) is 5.78 Å². The highest BCUT2D eigenvalue weighted by Gasteiger charge is 2.23. The molecule has 0 radical (unpaired) electrons. The number of Topliss-reactive ketones (excluding diaryl/α,β-unsaturated/α-hetero) is 1. The highest BCUT2D eigenvalue weighted by Crippen LogP contribution is 2.26. The van der Waals surface area contributed by atoms with E-state index in [2.05, 4.69) is 50.5 Å². The molecule has 1 aliphatic carbocycles. The molecule has 29 heavy (non-hydrogen) atoms. The summed E-state index contributed by atoms with van der Waals surface area (Å²) < 4.78 is 2.05. The van der Waals surface area contributed by atoms with Crippen LogP contribution >= 0.6 is 0 Å². The van der Waals surface area contributed by atoms with Crippen molar-refractivity contribution in [3.05, 3.63) is 53.9 Å². The molecule has 3 heterocycles. The molecule has 1 fully saturated rings. The second-order valence-electron chi connectivity index (χ2n) is 8.24. The van der Waals surface area contributed by atoms with Crippen molar-refractivity contribution in [1.29, 1.82) is 0 Å². The van der Waals surface area contributed by atoms with Crippen LogP contribution in [-0.4, -0.2) is 32.4 Å². The lowest BCUT2D eigenvalue weighted by molar-refractivity contribution is 0.0956. The lowest BCUT2D eigenvalue weighted by atomic mass is 9.91. The molecule has 150 valence electrons. The summed E-state index contributed by atoms with van der Waals surface area (Å²) in [6.45, 7) is 1.79. The van der Waals surface area contributed by atoms with E-state index in [9.17, 15) is 4.79 Å². The van der Waals surface area contributed by atoms with E-state index < -0.39 is 0 Å². The van der Waals surface area contributed by atoms with Crippen LogP contribution in [0.15, 0.2) is 42.6 Å². The van der Waals surface area contributed by atoms with E-state index in [1.54, 1.807) is 0 Å². The molecule has 6 heteroatoms. The fourth-order valence-electron chi connectivity index (χ4n) is 4.57. The van der Waals surface area contributed by atoms with Gasteiger partial charge in [0.05, 0.1) is 5.69 Å². The first-order valence-electron chi connectivity index (χ1n) is 10.7. The van der Waals surface area contributed by atoms with Crippen LogP contribution in [0, 0.1) is 0 Å². The van der Waals surface area contributed by atoms with Crippen LogP contribution in [0.25, 0.3) is 11.0 Å². The molecule has 0 atom stereocenters. The maximum Gasteiger partial charge on any atom is 0.224 e. The average Bonchev–Trinajstić information content (AvgIpc) is 3.14. The number of aromatic nitrogens is 3. The molecule has 2 aromatic heterocycles.